The van der Waals surface area contributed by atoms with Gasteiger partial charge in [-0.05, 0) is 18.9 Å². The summed E-state index contributed by atoms with van der Waals surface area (Å²) in [6, 6.07) is -0.0126. The number of nitrogens with one attached hydrogen (secondary N) is 2. The topological polar surface area (TPSA) is 44.4 Å². The third-order valence-electron chi connectivity index (χ3n) is 3.51. The van der Waals surface area contributed by atoms with Gasteiger partial charge in [-0.2, -0.15) is 0 Å². The van der Waals surface area contributed by atoms with Gasteiger partial charge in [0.05, 0.1) is 0 Å². The first-order chi connectivity index (χ1) is 7.46. The minimum atomic E-state index is -0.0126. The summed E-state index contributed by atoms with van der Waals surface area (Å²) in [6.07, 6.45) is 1.08. The van der Waals surface area contributed by atoms with E-state index < -0.39 is 0 Å². The Labute approximate surface area is 98.8 Å². The average molecular weight is 227 g/mol. The van der Waals surface area contributed by atoms with E-state index >= 15 is 0 Å². The van der Waals surface area contributed by atoms with Crippen LogP contribution in [0.25, 0.3) is 0 Å². The lowest BCUT2D eigenvalue weighted by atomic mass is 9.90. The fourth-order valence-corrected chi connectivity index (χ4v) is 1.67. The number of hydrogen-bond acceptors (Lipinski definition) is 3. The molecule has 0 aliphatic carbocycles. The first-order valence-corrected chi connectivity index (χ1v) is 6.15. The normalized spacial score (nSPS) is 23.1. The van der Waals surface area contributed by atoms with Crippen molar-refractivity contribution in [1.29, 1.82) is 0 Å². The third kappa shape index (κ3) is 3.76. The molecular weight excluding hydrogens is 202 g/mol. The molecule has 4 heteroatoms. The molecule has 0 radical (unpaired) electrons. The van der Waals surface area contributed by atoms with Crippen LogP contribution in [0.3, 0.4) is 0 Å². The van der Waals surface area contributed by atoms with E-state index in [2.05, 4.69) is 36.3 Å². The van der Waals surface area contributed by atoms with Crippen LogP contribution in [0.4, 0.5) is 0 Å². The van der Waals surface area contributed by atoms with Gasteiger partial charge >= 0.3 is 0 Å². The van der Waals surface area contributed by atoms with E-state index in [0.29, 0.717) is 0 Å². The molecule has 0 aromatic heterocycles. The van der Waals surface area contributed by atoms with E-state index in [-0.39, 0.29) is 17.4 Å². The van der Waals surface area contributed by atoms with Gasteiger partial charge in [-0.1, -0.05) is 20.8 Å². The molecule has 16 heavy (non-hydrogen) atoms. The minimum absolute atomic E-state index is 0.0126. The Balaban J connectivity index is 2.39. The largest absolute Gasteiger partial charge is 0.354 e. The van der Waals surface area contributed by atoms with E-state index in [4.69, 9.17) is 0 Å². The van der Waals surface area contributed by atoms with Crippen LogP contribution in [0.5, 0.6) is 0 Å². The summed E-state index contributed by atoms with van der Waals surface area (Å²) in [7, 11) is 2.01. The molecule has 1 aliphatic rings. The summed E-state index contributed by atoms with van der Waals surface area (Å²) in [4.78, 5) is 14.1. The van der Waals surface area contributed by atoms with Gasteiger partial charge in [0.25, 0.3) is 0 Å². The van der Waals surface area contributed by atoms with Gasteiger partial charge in [0.15, 0.2) is 0 Å². The van der Waals surface area contributed by atoms with Crippen LogP contribution in [0.2, 0.25) is 0 Å². The Bertz CT molecular complexity index is 240. The minimum Gasteiger partial charge on any atom is -0.354 e. The van der Waals surface area contributed by atoms with Crippen molar-refractivity contribution in [2.75, 3.05) is 33.2 Å². The number of carbonyl (C=O) groups excluding carboxylic acids is 1. The highest BCUT2D eigenvalue weighted by Crippen LogP contribution is 2.17. The summed E-state index contributed by atoms with van der Waals surface area (Å²) in [5.41, 5.74) is 0.191. The second-order valence-corrected chi connectivity index (χ2v) is 5.44. The maximum Gasteiger partial charge on any atom is 0.238 e. The van der Waals surface area contributed by atoms with Gasteiger partial charge in [0, 0.05) is 26.2 Å². The molecular formula is C12H25N3O. The standard InChI is InChI=1S/C12H25N3O/c1-5-12(2,3)9-14-11(16)10-8-13-6-7-15(10)4/h10,13H,5-9H2,1-4H3,(H,14,16). The predicted molar refractivity (Wildman–Crippen MR) is 66.4 cm³/mol. The Morgan fingerprint density at radius 3 is 2.81 bits per heavy atom. The van der Waals surface area contributed by atoms with Crippen LogP contribution in [0.15, 0.2) is 0 Å². The third-order valence-corrected chi connectivity index (χ3v) is 3.51. The second kappa shape index (κ2) is 5.64. The summed E-state index contributed by atoms with van der Waals surface area (Å²) in [6.45, 7) is 9.93. The summed E-state index contributed by atoms with van der Waals surface area (Å²) < 4.78 is 0. The molecule has 2 N–H and O–H groups in total. The first-order valence-electron chi connectivity index (χ1n) is 6.15. The average Bonchev–Trinajstić information content (AvgIpc) is 2.27. The van der Waals surface area contributed by atoms with Crippen molar-refractivity contribution in [3.05, 3.63) is 0 Å². The maximum atomic E-state index is 12.0. The zero-order chi connectivity index (χ0) is 12.2. The highest BCUT2D eigenvalue weighted by molar-refractivity contribution is 5.82. The molecule has 0 saturated carbocycles. The monoisotopic (exact) mass is 227 g/mol. The van der Waals surface area contributed by atoms with E-state index in [9.17, 15) is 4.79 Å². The summed E-state index contributed by atoms with van der Waals surface area (Å²) >= 11 is 0. The van der Waals surface area contributed by atoms with Crippen LogP contribution < -0.4 is 10.6 Å². The number of nitrogens with zero attached hydrogens (tertiary/aromatic N) is 1. The molecule has 0 aromatic rings. The van der Waals surface area contributed by atoms with Crippen molar-refractivity contribution in [1.82, 2.24) is 15.5 Å². The zero-order valence-corrected chi connectivity index (χ0v) is 11.0. The lowest BCUT2D eigenvalue weighted by molar-refractivity contribution is -0.126. The molecule has 4 nitrogen and oxygen atoms in total. The van der Waals surface area contributed by atoms with E-state index in [1.807, 2.05) is 7.05 Å². The smallest absolute Gasteiger partial charge is 0.238 e. The molecule has 94 valence electrons. The van der Waals surface area contributed by atoms with Crippen molar-refractivity contribution in [3.8, 4) is 0 Å². The molecule has 1 atom stereocenters. The van der Waals surface area contributed by atoms with Crippen LogP contribution in [-0.4, -0.2) is 50.1 Å². The fraction of sp³-hybridized carbons (Fsp3) is 0.917. The fourth-order valence-electron chi connectivity index (χ4n) is 1.67. The second-order valence-electron chi connectivity index (χ2n) is 5.44. The molecule has 1 heterocycles. The van der Waals surface area contributed by atoms with Crippen molar-refractivity contribution in [2.24, 2.45) is 5.41 Å². The number of amides is 1. The molecule has 0 aromatic carbocycles. The van der Waals surface area contributed by atoms with Crippen molar-refractivity contribution in [3.63, 3.8) is 0 Å². The first kappa shape index (κ1) is 13.5. The Kier molecular flexibility index (Phi) is 4.74. The van der Waals surface area contributed by atoms with Crippen LogP contribution >= 0.6 is 0 Å². The number of rotatable bonds is 4. The molecule has 1 fully saturated rings. The molecule has 1 amide bonds. The van der Waals surface area contributed by atoms with E-state index in [0.717, 1.165) is 32.6 Å². The number of hydrogen-bond donors (Lipinski definition) is 2. The molecule has 1 saturated heterocycles. The Hall–Kier alpha value is -0.610. The highest BCUT2D eigenvalue weighted by atomic mass is 16.2. The molecule has 1 rings (SSSR count). The van der Waals surface area contributed by atoms with E-state index in [1.165, 1.54) is 0 Å². The van der Waals surface area contributed by atoms with Gasteiger partial charge in [-0.15, -0.1) is 0 Å². The lowest BCUT2D eigenvalue weighted by Crippen LogP contribution is -2.57. The van der Waals surface area contributed by atoms with Gasteiger partial charge in [0.2, 0.25) is 5.91 Å². The van der Waals surface area contributed by atoms with Crippen molar-refractivity contribution >= 4 is 5.91 Å². The van der Waals surface area contributed by atoms with Crippen LogP contribution in [0.1, 0.15) is 27.2 Å². The van der Waals surface area contributed by atoms with Crippen LogP contribution in [0, 0.1) is 5.41 Å². The zero-order valence-electron chi connectivity index (χ0n) is 11.0. The highest BCUT2D eigenvalue weighted by Gasteiger charge is 2.26. The Morgan fingerprint density at radius 1 is 1.56 bits per heavy atom. The molecule has 0 bridgehead atoms. The SMILES string of the molecule is CCC(C)(C)CNC(=O)C1CNCCN1C. The quantitative estimate of drug-likeness (QED) is 0.732. The lowest BCUT2D eigenvalue weighted by Gasteiger charge is -2.33. The molecule has 0 spiro atoms. The van der Waals surface area contributed by atoms with Gasteiger partial charge in [-0.3, -0.25) is 9.69 Å². The predicted octanol–water partition coefficient (Wildman–Crippen LogP) is 0.442. The summed E-state index contributed by atoms with van der Waals surface area (Å²) in [5.74, 6) is 0.149. The molecule has 1 aliphatic heterocycles. The van der Waals surface area contributed by atoms with Gasteiger partial charge in [-0.25, -0.2) is 0 Å². The number of likely N-dealkylation sites (N-methyl/N-ethyl adjacent to an activating group) is 1. The Morgan fingerprint density at radius 2 is 2.25 bits per heavy atom. The number of piperazine rings is 1. The summed E-state index contributed by atoms with van der Waals surface area (Å²) in [5, 5.41) is 6.31. The number of carbonyl (C=O) groups is 1. The van der Waals surface area contributed by atoms with Crippen molar-refractivity contribution < 1.29 is 4.79 Å². The van der Waals surface area contributed by atoms with Gasteiger partial charge < -0.3 is 10.6 Å². The van der Waals surface area contributed by atoms with Crippen LogP contribution in [-0.2, 0) is 4.79 Å². The maximum absolute atomic E-state index is 12.0. The molecule has 1 unspecified atom stereocenters. The van der Waals surface area contributed by atoms with Gasteiger partial charge in [0.1, 0.15) is 6.04 Å². The van der Waals surface area contributed by atoms with E-state index in [1.54, 1.807) is 0 Å². The van der Waals surface area contributed by atoms with Crippen molar-refractivity contribution in [2.45, 2.75) is 33.2 Å².